The van der Waals surface area contributed by atoms with Crippen LogP contribution in [0.3, 0.4) is 0 Å². The van der Waals surface area contributed by atoms with Crippen molar-refractivity contribution in [2.45, 2.75) is 18.7 Å². The molecule has 2 N–H and O–H groups in total. The Morgan fingerprint density at radius 3 is 2.46 bits per heavy atom. The Labute approximate surface area is 160 Å². The predicted molar refractivity (Wildman–Crippen MR) is 103 cm³/mol. The van der Waals surface area contributed by atoms with Crippen LogP contribution in [0.15, 0.2) is 45.8 Å². The number of amides is 1. The van der Waals surface area contributed by atoms with Gasteiger partial charge in [0, 0.05) is 11.4 Å². The zero-order chi connectivity index (χ0) is 19.3. The van der Waals surface area contributed by atoms with Crippen LogP contribution in [0.25, 0.3) is 0 Å². The summed E-state index contributed by atoms with van der Waals surface area (Å²) in [7, 11) is -2.45. The number of halogens is 1. The number of benzene rings is 2. The van der Waals surface area contributed by atoms with Crippen molar-refractivity contribution in [3.8, 4) is 11.5 Å². The minimum Gasteiger partial charge on any atom is -0.495 e. The first kappa shape index (κ1) is 20.1. The molecule has 0 aliphatic rings. The fourth-order valence-corrected chi connectivity index (χ4v) is 3.97. The van der Waals surface area contributed by atoms with Crippen LogP contribution >= 0.6 is 15.9 Å². The van der Waals surface area contributed by atoms with Gasteiger partial charge in [-0.25, -0.2) is 8.42 Å². The van der Waals surface area contributed by atoms with Crippen LogP contribution in [0, 0.1) is 0 Å². The third-order valence-corrected chi connectivity index (χ3v) is 5.15. The largest absolute Gasteiger partial charge is 0.495 e. The van der Waals surface area contributed by atoms with Gasteiger partial charge >= 0.3 is 0 Å². The highest BCUT2D eigenvalue weighted by Crippen LogP contribution is 2.32. The van der Waals surface area contributed by atoms with Crippen molar-refractivity contribution in [1.82, 2.24) is 0 Å². The second-order valence-electron chi connectivity index (χ2n) is 5.23. The summed E-state index contributed by atoms with van der Waals surface area (Å²) in [4.78, 5) is 11.3. The molecule has 0 radical (unpaired) electrons. The lowest BCUT2D eigenvalue weighted by Crippen LogP contribution is -2.15. The van der Waals surface area contributed by atoms with Crippen LogP contribution in [-0.2, 0) is 14.8 Å². The first-order valence-electron chi connectivity index (χ1n) is 7.67. The Balaban J connectivity index is 2.41. The fourth-order valence-electron chi connectivity index (χ4n) is 2.24. The van der Waals surface area contributed by atoms with Gasteiger partial charge in [-0.2, -0.15) is 0 Å². The van der Waals surface area contributed by atoms with E-state index in [1.54, 1.807) is 31.2 Å². The van der Waals surface area contributed by atoms with E-state index in [2.05, 4.69) is 26.0 Å². The lowest BCUT2D eigenvalue weighted by molar-refractivity contribution is -0.114. The quantitative estimate of drug-likeness (QED) is 0.682. The Morgan fingerprint density at radius 1 is 1.15 bits per heavy atom. The van der Waals surface area contributed by atoms with Crippen LogP contribution in [0.5, 0.6) is 11.5 Å². The molecule has 0 aromatic heterocycles. The SMILES string of the molecule is CCOc1ccc(Br)cc1S(=O)(=O)Nc1ccc(OC)c(NC(C)=O)c1. The monoisotopic (exact) mass is 442 g/mol. The predicted octanol–water partition coefficient (Wildman–Crippen LogP) is 3.62. The van der Waals surface area contributed by atoms with Gasteiger partial charge in [-0.15, -0.1) is 0 Å². The summed E-state index contributed by atoms with van der Waals surface area (Å²) in [5.74, 6) is 0.369. The van der Waals surface area contributed by atoms with Gasteiger partial charge in [0.1, 0.15) is 16.4 Å². The molecule has 2 aromatic carbocycles. The lowest BCUT2D eigenvalue weighted by atomic mass is 10.2. The molecule has 0 bridgehead atoms. The van der Waals surface area contributed by atoms with Gasteiger partial charge in [0.05, 0.1) is 25.1 Å². The maximum Gasteiger partial charge on any atom is 0.265 e. The third kappa shape index (κ3) is 4.89. The van der Waals surface area contributed by atoms with Gasteiger partial charge in [0.2, 0.25) is 5.91 Å². The summed E-state index contributed by atoms with van der Waals surface area (Å²) in [6, 6.07) is 9.33. The summed E-state index contributed by atoms with van der Waals surface area (Å²) in [6.07, 6.45) is 0. The Kier molecular flexibility index (Phi) is 6.49. The van der Waals surface area contributed by atoms with E-state index in [0.29, 0.717) is 22.5 Å². The third-order valence-electron chi connectivity index (χ3n) is 3.26. The first-order chi connectivity index (χ1) is 12.3. The smallest absolute Gasteiger partial charge is 0.265 e. The number of methoxy groups -OCH3 is 1. The molecule has 0 fully saturated rings. The van der Waals surface area contributed by atoms with E-state index in [0.717, 1.165) is 0 Å². The Bertz CT molecular complexity index is 915. The fraction of sp³-hybridized carbons (Fsp3) is 0.235. The van der Waals surface area contributed by atoms with E-state index in [-0.39, 0.29) is 22.2 Å². The molecule has 0 saturated heterocycles. The molecule has 0 atom stereocenters. The molecule has 26 heavy (non-hydrogen) atoms. The van der Waals surface area contributed by atoms with Crippen LogP contribution in [0.2, 0.25) is 0 Å². The highest BCUT2D eigenvalue weighted by atomic mass is 79.9. The zero-order valence-electron chi connectivity index (χ0n) is 14.5. The Morgan fingerprint density at radius 2 is 1.85 bits per heavy atom. The topological polar surface area (TPSA) is 93.7 Å². The molecular weight excluding hydrogens is 424 g/mol. The number of anilines is 2. The average molecular weight is 443 g/mol. The van der Waals surface area contributed by atoms with E-state index in [1.807, 2.05) is 0 Å². The second-order valence-corrected chi connectivity index (χ2v) is 7.79. The summed E-state index contributed by atoms with van der Waals surface area (Å²) < 4.78 is 39.3. The van der Waals surface area contributed by atoms with Crippen molar-refractivity contribution in [3.63, 3.8) is 0 Å². The molecule has 0 aliphatic carbocycles. The van der Waals surface area contributed by atoms with Crippen LogP contribution in [0.1, 0.15) is 13.8 Å². The average Bonchev–Trinajstić information content (AvgIpc) is 2.56. The van der Waals surface area contributed by atoms with E-state index < -0.39 is 10.0 Å². The van der Waals surface area contributed by atoms with Crippen LogP contribution < -0.4 is 19.5 Å². The van der Waals surface area contributed by atoms with Crippen molar-refractivity contribution < 1.29 is 22.7 Å². The van der Waals surface area contributed by atoms with E-state index in [1.165, 1.54) is 26.2 Å². The lowest BCUT2D eigenvalue weighted by Gasteiger charge is -2.15. The van der Waals surface area contributed by atoms with Gasteiger partial charge < -0.3 is 14.8 Å². The number of nitrogens with one attached hydrogen (secondary N) is 2. The number of ether oxygens (including phenoxy) is 2. The number of sulfonamides is 1. The van der Waals surface area contributed by atoms with Gasteiger partial charge in [-0.05, 0) is 43.3 Å². The summed E-state index contributed by atoms with van der Waals surface area (Å²) in [6.45, 7) is 3.46. The molecule has 2 rings (SSSR count). The number of rotatable bonds is 7. The van der Waals surface area contributed by atoms with Gasteiger partial charge in [-0.1, -0.05) is 15.9 Å². The summed E-state index contributed by atoms with van der Waals surface area (Å²) in [5, 5.41) is 2.60. The second kappa shape index (κ2) is 8.41. The molecule has 0 aliphatic heterocycles. The molecule has 1 amide bonds. The normalized spacial score (nSPS) is 10.9. The number of carbonyl (C=O) groups excluding carboxylic acids is 1. The van der Waals surface area contributed by atoms with E-state index in [4.69, 9.17) is 9.47 Å². The molecule has 7 nitrogen and oxygen atoms in total. The van der Waals surface area contributed by atoms with Crippen molar-refractivity contribution in [3.05, 3.63) is 40.9 Å². The number of carbonyl (C=O) groups is 1. The Hall–Kier alpha value is -2.26. The highest BCUT2D eigenvalue weighted by Gasteiger charge is 2.21. The van der Waals surface area contributed by atoms with E-state index in [9.17, 15) is 13.2 Å². The zero-order valence-corrected chi connectivity index (χ0v) is 16.9. The minimum absolute atomic E-state index is 0.00520. The van der Waals surface area contributed by atoms with Crippen molar-refractivity contribution >= 4 is 43.2 Å². The molecule has 0 unspecified atom stereocenters. The highest BCUT2D eigenvalue weighted by molar-refractivity contribution is 9.10. The van der Waals surface area contributed by atoms with Crippen LogP contribution in [-0.4, -0.2) is 28.0 Å². The van der Waals surface area contributed by atoms with Crippen molar-refractivity contribution in [2.24, 2.45) is 0 Å². The molecule has 0 spiro atoms. The van der Waals surface area contributed by atoms with Crippen molar-refractivity contribution in [2.75, 3.05) is 23.8 Å². The van der Waals surface area contributed by atoms with Gasteiger partial charge in [0.15, 0.2) is 0 Å². The maximum absolute atomic E-state index is 12.8. The maximum atomic E-state index is 12.8. The van der Waals surface area contributed by atoms with Gasteiger partial charge in [-0.3, -0.25) is 9.52 Å². The van der Waals surface area contributed by atoms with Gasteiger partial charge in [0.25, 0.3) is 10.0 Å². The minimum atomic E-state index is -3.91. The molecular formula is C17H19BrN2O5S. The molecule has 9 heteroatoms. The summed E-state index contributed by atoms with van der Waals surface area (Å²) in [5.41, 5.74) is 0.636. The van der Waals surface area contributed by atoms with Crippen LogP contribution in [0.4, 0.5) is 11.4 Å². The first-order valence-corrected chi connectivity index (χ1v) is 9.95. The molecule has 0 heterocycles. The standard InChI is InChI=1S/C17H19BrN2O5S/c1-4-25-16-7-5-12(18)9-17(16)26(22,23)20-13-6-8-15(24-3)14(10-13)19-11(2)21/h5-10,20H,4H2,1-3H3,(H,19,21). The molecule has 0 saturated carbocycles. The number of hydrogen-bond donors (Lipinski definition) is 2. The molecule has 140 valence electrons. The van der Waals surface area contributed by atoms with E-state index >= 15 is 0 Å². The molecule has 2 aromatic rings. The number of hydrogen-bond acceptors (Lipinski definition) is 5. The van der Waals surface area contributed by atoms with Crippen molar-refractivity contribution in [1.29, 1.82) is 0 Å². The summed E-state index contributed by atoms with van der Waals surface area (Å²) >= 11 is 3.27.